The Kier molecular flexibility index (Phi) is 4.62. The van der Waals surface area contributed by atoms with E-state index in [0.717, 1.165) is 12.8 Å². The van der Waals surface area contributed by atoms with Crippen LogP contribution in [0.2, 0.25) is 0 Å². The van der Waals surface area contributed by atoms with Crippen LogP contribution in [0.25, 0.3) is 0 Å². The number of carbonyl (C=O) groups is 1. The van der Waals surface area contributed by atoms with Gasteiger partial charge < -0.3 is 4.90 Å². The van der Waals surface area contributed by atoms with E-state index in [2.05, 4.69) is 0 Å². The summed E-state index contributed by atoms with van der Waals surface area (Å²) in [7, 11) is -2.91. The molecule has 0 saturated carbocycles. The number of alkyl halides is 1. The molecule has 1 heterocycles. The van der Waals surface area contributed by atoms with Crippen LogP contribution in [-0.2, 0) is 14.6 Å². The van der Waals surface area contributed by atoms with Gasteiger partial charge in [-0.1, -0.05) is 0 Å². The Balaban J connectivity index is 2.43. The van der Waals surface area contributed by atoms with Gasteiger partial charge in [0, 0.05) is 19.3 Å². The highest BCUT2D eigenvalue weighted by Crippen LogP contribution is 2.19. The zero-order valence-corrected chi connectivity index (χ0v) is 11.2. The van der Waals surface area contributed by atoms with Gasteiger partial charge in [0.2, 0.25) is 5.91 Å². The van der Waals surface area contributed by atoms with Gasteiger partial charge in [-0.3, -0.25) is 4.79 Å². The molecule has 1 saturated heterocycles. The highest BCUT2D eigenvalue weighted by molar-refractivity contribution is 7.90. The SMILES string of the molecule is CC(Cl)C(=O)N1CCC(CS(C)(=O)=O)CC1. The van der Waals surface area contributed by atoms with Crippen molar-refractivity contribution in [2.24, 2.45) is 5.92 Å². The number of carbonyl (C=O) groups excluding carboxylic acids is 1. The standard InChI is InChI=1S/C10H18ClNO3S/c1-8(11)10(13)12-5-3-9(4-6-12)7-16(2,14)15/h8-9H,3-7H2,1-2H3. The number of amides is 1. The molecular formula is C10H18ClNO3S. The predicted octanol–water partition coefficient (Wildman–Crippen LogP) is 0.897. The maximum atomic E-state index is 11.6. The zero-order chi connectivity index (χ0) is 12.3. The molecule has 0 aromatic heterocycles. The monoisotopic (exact) mass is 267 g/mol. The number of sulfone groups is 1. The molecule has 0 aliphatic carbocycles. The fourth-order valence-corrected chi connectivity index (χ4v) is 3.33. The van der Waals surface area contributed by atoms with Crippen molar-refractivity contribution in [1.29, 1.82) is 0 Å². The second-order valence-electron chi connectivity index (χ2n) is 4.48. The van der Waals surface area contributed by atoms with Crippen LogP contribution in [-0.4, -0.2) is 49.7 Å². The lowest BCUT2D eigenvalue weighted by Crippen LogP contribution is -2.42. The van der Waals surface area contributed by atoms with E-state index in [9.17, 15) is 13.2 Å². The molecule has 16 heavy (non-hydrogen) atoms. The lowest BCUT2D eigenvalue weighted by molar-refractivity contribution is -0.131. The van der Waals surface area contributed by atoms with Gasteiger partial charge in [-0.05, 0) is 25.7 Å². The molecule has 0 radical (unpaired) electrons. The molecule has 1 aliphatic heterocycles. The van der Waals surface area contributed by atoms with Crippen LogP contribution in [0.3, 0.4) is 0 Å². The van der Waals surface area contributed by atoms with Crippen LogP contribution >= 0.6 is 11.6 Å². The molecule has 4 nitrogen and oxygen atoms in total. The molecule has 94 valence electrons. The lowest BCUT2D eigenvalue weighted by Gasteiger charge is -2.32. The molecule has 0 aromatic carbocycles. The Morgan fingerprint density at radius 3 is 2.31 bits per heavy atom. The molecule has 0 N–H and O–H groups in total. The van der Waals surface area contributed by atoms with Crippen molar-refractivity contribution in [2.75, 3.05) is 25.1 Å². The van der Waals surface area contributed by atoms with E-state index in [-0.39, 0.29) is 17.6 Å². The second kappa shape index (κ2) is 5.36. The summed E-state index contributed by atoms with van der Waals surface area (Å²) in [5.74, 6) is 0.356. The number of hydrogen-bond acceptors (Lipinski definition) is 3. The van der Waals surface area contributed by atoms with Crippen LogP contribution in [0.1, 0.15) is 19.8 Å². The van der Waals surface area contributed by atoms with Gasteiger partial charge in [0.15, 0.2) is 0 Å². The first-order valence-electron chi connectivity index (χ1n) is 5.40. The van der Waals surface area contributed by atoms with Crippen molar-refractivity contribution in [1.82, 2.24) is 4.90 Å². The molecule has 0 bridgehead atoms. The van der Waals surface area contributed by atoms with Gasteiger partial charge in [0.05, 0.1) is 5.75 Å². The quantitative estimate of drug-likeness (QED) is 0.714. The summed E-state index contributed by atoms with van der Waals surface area (Å²) in [6.07, 6.45) is 2.76. The minimum absolute atomic E-state index is 0.0560. The first-order chi connectivity index (χ1) is 7.29. The van der Waals surface area contributed by atoms with Crippen molar-refractivity contribution < 1.29 is 13.2 Å². The largest absolute Gasteiger partial charge is 0.341 e. The maximum absolute atomic E-state index is 11.6. The molecule has 1 amide bonds. The number of piperidine rings is 1. The van der Waals surface area contributed by atoms with Crippen molar-refractivity contribution >= 4 is 27.3 Å². The summed E-state index contributed by atoms with van der Waals surface area (Å²) < 4.78 is 22.2. The third-order valence-electron chi connectivity index (χ3n) is 2.80. The maximum Gasteiger partial charge on any atom is 0.240 e. The van der Waals surface area contributed by atoms with Crippen LogP contribution in [0.15, 0.2) is 0 Å². The summed E-state index contributed by atoms with van der Waals surface area (Å²) in [5, 5.41) is -0.494. The number of likely N-dealkylation sites (tertiary alicyclic amines) is 1. The van der Waals surface area contributed by atoms with Gasteiger partial charge in [-0.15, -0.1) is 11.6 Å². The summed E-state index contributed by atoms with van der Waals surface area (Å²) in [4.78, 5) is 13.3. The van der Waals surface area contributed by atoms with E-state index in [1.165, 1.54) is 6.26 Å². The van der Waals surface area contributed by atoms with Crippen molar-refractivity contribution in [2.45, 2.75) is 25.1 Å². The number of halogens is 1. The number of rotatable bonds is 3. The molecule has 1 aliphatic rings. The van der Waals surface area contributed by atoms with E-state index >= 15 is 0 Å². The molecular weight excluding hydrogens is 250 g/mol. The van der Waals surface area contributed by atoms with Gasteiger partial charge in [-0.25, -0.2) is 8.42 Å². The van der Waals surface area contributed by atoms with Crippen LogP contribution in [0.4, 0.5) is 0 Å². The van der Waals surface area contributed by atoms with E-state index < -0.39 is 15.2 Å². The lowest BCUT2D eigenvalue weighted by atomic mass is 9.99. The highest BCUT2D eigenvalue weighted by Gasteiger charge is 2.26. The van der Waals surface area contributed by atoms with E-state index in [0.29, 0.717) is 13.1 Å². The normalized spacial score (nSPS) is 20.8. The highest BCUT2D eigenvalue weighted by atomic mass is 35.5. The first kappa shape index (κ1) is 13.8. The molecule has 1 unspecified atom stereocenters. The molecule has 1 rings (SSSR count). The third-order valence-corrected chi connectivity index (χ3v) is 4.07. The average Bonchev–Trinajstić information content (AvgIpc) is 2.15. The summed E-state index contributed by atoms with van der Waals surface area (Å²) in [6.45, 7) is 2.90. The second-order valence-corrected chi connectivity index (χ2v) is 7.32. The number of nitrogens with zero attached hydrogens (tertiary/aromatic N) is 1. The fraction of sp³-hybridized carbons (Fsp3) is 0.900. The van der Waals surface area contributed by atoms with Crippen LogP contribution < -0.4 is 0 Å². The minimum Gasteiger partial charge on any atom is -0.341 e. The molecule has 0 aromatic rings. The van der Waals surface area contributed by atoms with Crippen LogP contribution in [0.5, 0.6) is 0 Å². The predicted molar refractivity (Wildman–Crippen MR) is 64.3 cm³/mol. The van der Waals surface area contributed by atoms with Gasteiger partial charge in [-0.2, -0.15) is 0 Å². The summed E-state index contributed by atoms with van der Waals surface area (Å²) >= 11 is 5.72. The van der Waals surface area contributed by atoms with Gasteiger partial charge in [0.25, 0.3) is 0 Å². The molecule has 1 atom stereocenters. The first-order valence-corrected chi connectivity index (χ1v) is 7.90. The fourth-order valence-electron chi connectivity index (χ4n) is 2.00. The Hall–Kier alpha value is -0.290. The number of hydrogen-bond donors (Lipinski definition) is 0. The van der Waals surface area contributed by atoms with E-state index in [1.807, 2.05) is 0 Å². The zero-order valence-electron chi connectivity index (χ0n) is 9.65. The van der Waals surface area contributed by atoms with E-state index in [4.69, 9.17) is 11.6 Å². The Labute approximate surface area is 102 Å². The summed E-state index contributed by atoms with van der Waals surface area (Å²) in [6, 6.07) is 0. The minimum atomic E-state index is -2.91. The van der Waals surface area contributed by atoms with Crippen LogP contribution in [0, 0.1) is 5.92 Å². The van der Waals surface area contributed by atoms with Gasteiger partial charge in [0.1, 0.15) is 15.2 Å². The van der Waals surface area contributed by atoms with Gasteiger partial charge >= 0.3 is 0 Å². The Morgan fingerprint density at radius 2 is 1.94 bits per heavy atom. The van der Waals surface area contributed by atoms with Crippen molar-refractivity contribution in [3.05, 3.63) is 0 Å². The molecule has 6 heteroatoms. The average molecular weight is 268 g/mol. The topological polar surface area (TPSA) is 54.5 Å². The Bertz CT molecular complexity index is 345. The Morgan fingerprint density at radius 1 is 1.44 bits per heavy atom. The van der Waals surface area contributed by atoms with Crippen molar-refractivity contribution in [3.63, 3.8) is 0 Å². The third kappa shape index (κ3) is 4.29. The smallest absolute Gasteiger partial charge is 0.240 e. The molecule has 1 fully saturated rings. The van der Waals surface area contributed by atoms with Crippen molar-refractivity contribution in [3.8, 4) is 0 Å². The van der Waals surface area contributed by atoms with E-state index in [1.54, 1.807) is 11.8 Å². The molecule has 0 spiro atoms. The summed E-state index contributed by atoms with van der Waals surface area (Å²) in [5.41, 5.74) is 0.